The number of aromatic nitrogens is 1. The van der Waals surface area contributed by atoms with Gasteiger partial charge in [-0.1, -0.05) is 29.8 Å². The van der Waals surface area contributed by atoms with Crippen LogP contribution in [-0.4, -0.2) is 12.2 Å². The maximum absolute atomic E-state index is 2.50. The van der Waals surface area contributed by atoms with Gasteiger partial charge in [0.15, 0.2) is 11.9 Å². The van der Waals surface area contributed by atoms with Crippen molar-refractivity contribution < 1.29 is 4.57 Å². The summed E-state index contributed by atoms with van der Waals surface area (Å²) >= 11 is 0. The number of pyridine rings is 1. The Balaban J connectivity index is 1.88. The van der Waals surface area contributed by atoms with Gasteiger partial charge in [0, 0.05) is 17.7 Å². The van der Waals surface area contributed by atoms with Crippen LogP contribution in [-0.2, 0) is 7.05 Å². The predicted molar refractivity (Wildman–Crippen MR) is 118 cm³/mol. The molecular weight excluding hydrogens is 342 g/mol. The van der Waals surface area contributed by atoms with Crippen molar-refractivity contribution in [3.8, 4) is 11.3 Å². The van der Waals surface area contributed by atoms with Crippen LogP contribution in [0.5, 0.6) is 0 Å². The van der Waals surface area contributed by atoms with E-state index in [1.807, 2.05) is 0 Å². The van der Waals surface area contributed by atoms with Crippen LogP contribution in [0.2, 0.25) is 0 Å². The number of anilines is 3. The van der Waals surface area contributed by atoms with Gasteiger partial charge in [-0.15, -0.1) is 0 Å². The fourth-order valence-electron chi connectivity index (χ4n) is 4.53. The largest absolute Gasteiger partial charge is 0.327 e. The molecule has 2 aromatic carbocycles. The minimum Gasteiger partial charge on any atom is -0.327 e. The Bertz CT molecular complexity index is 1020. The van der Waals surface area contributed by atoms with E-state index in [2.05, 4.69) is 117 Å². The van der Waals surface area contributed by atoms with E-state index >= 15 is 0 Å². The fraction of sp³-hybridized carbons (Fsp3) is 0.320. The summed E-state index contributed by atoms with van der Waals surface area (Å²) in [7, 11) is 2.18. The SMILES string of the molecule is Cc1ccc(C)c(-c2cccc(N3c4ccccc4N(C(C)C)[C@H]3C)[n+]2C)c1. The minimum absolute atomic E-state index is 0.262. The molecule has 0 N–H and O–H groups in total. The van der Waals surface area contributed by atoms with Crippen LogP contribution < -0.4 is 14.4 Å². The summed E-state index contributed by atoms with van der Waals surface area (Å²) in [6.07, 6.45) is 0.262. The van der Waals surface area contributed by atoms with Gasteiger partial charge in [-0.3, -0.25) is 0 Å². The van der Waals surface area contributed by atoms with Crippen LogP contribution >= 0.6 is 0 Å². The highest BCUT2D eigenvalue weighted by Crippen LogP contribution is 2.44. The first-order chi connectivity index (χ1) is 13.4. The number of fused-ring (bicyclic) bond motifs is 1. The van der Waals surface area contributed by atoms with Crippen LogP contribution in [0, 0.1) is 13.8 Å². The maximum atomic E-state index is 2.50. The molecule has 3 aromatic rings. The second-order valence-electron chi connectivity index (χ2n) is 8.14. The molecule has 0 saturated heterocycles. The van der Waals surface area contributed by atoms with Crippen molar-refractivity contribution in [2.45, 2.75) is 46.8 Å². The summed E-state index contributed by atoms with van der Waals surface area (Å²) in [5.74, 6) is 1.21. The zero-order valence-electron chi connectivity index (χ0n) is 17.8. The smallest absolute Gasteiger partial charge is 0.283 e. The predicted octanol–water partition coefficient (Wildman–Crippen LogP) is 5.51. The van der Waals surface area contributed by atoms with Crippen molar-refractivity contribution in [1.82, 2.24) is 0 Å². The molecule has 3 heteroatoms. The molecule has 4 rings (SSSR count). The molecular formula is C25H30N3+. The summed E-state index contributed by atoms with van der Waals surface area (Å²) < 4.78 is 2.33. The molecule has 2 heterocycles. The quantitative estimate of drug-likeness (QED) is 0.561. The number of hydrogen-bond acceptors (Lipinski definition) is 2. The average Bonchev–Trinajstić information content (AvgIpc) is 2.96. The van der Waals surface area contributed by atoms with Crippen molar-refractivity contribution in [3.63, 3.8) is 0 Å². The van der Waals surface area contributed by atoms with Gasteiger partial charge in [-0.2, -0.15) is 0 Å². The number of para-hydroxylation sites is 2. The molecule has 0 fully saturated rings. The monoisotopic (exact) mass is 372 g/mol. The van der Waals surface area contributed by atoms with Gasteiger partial charge in [0.05, 0.1) is 12.7 Å². The number of aryl methyl sites for hydroxylation is 2. The zero-order chi connectivity index (χ0) is 20.0. The summed E-state index contributed by atoms with van der Waals surface area (Å²) in [5, 5.41) is 0. The summed E-state index contributed by atoms with van der Waals surface area (Å²) in [5.41, 5.74) is 7.71. The molecule has 0 aliphatic carbocycles. The Morgan fingerprint density at radius 3 is 2.32 bits per heavy atom. The molecule has 1 aliphatic heterocycles. The van der Waals surface area contributed by atoms with Crippen molar-refractivity contribution in [3.05, 3.63) is 71.8 Å². The van der Waals surface area contributed by atoms with Crippen molar-refractivity contribution in [1.29, 1.82) is 0 Å². The van der Waals surface area contributed by atoms with Crippen molar-refractivity contribution >= 4 is 17.2 Å². The van der Waals surface area contributed by atoms with Crippen LogP contribution in [0.15, 0.2) is 60.7 Å². The Labute approximate surface area is 168 Å². The highest BCUT2D eigenvalue weighted by Gasteiger charge is 2.42. The molecule has 144 valence electrons. The van der Waals surface area contributed by atoms with Crippen LogP contribution in [0.1, 0.15) is 31.9 Å². The van der Waals surface area contributed by atoms with E-state index in [1.54, 1.807) is 0 Å². The summed E-state index contributed by atoms with van der Waals surface area (Å²) in [6, 6.07) is 22.5. The first kappa shape index (κ1) is 18.5. The second kappa shape index (κ2) is 6.97. The summed E-state index contributed by atoms with van der Waals surface area (Å²) in [6.45, 7) is 11.2. The molecule has 1 atom stereocenters. The van der Waals surface area contributed by atoms with E-state index in [1.165, 1.54) is 39.6 Å². The van der Waals surface area contributed by atoms with Gasteiger partial charge in [-0.25, -0.2) is 9.47 Å². The first-order valence-electron chi connectivity index (χ1n) is 10.1. The van der Waals surface area contributed by atoms with Crippen molar-refractivity contribution in [2.24, 2.45) is 7.05 Å². The van der Waals surface area contributed by atoms with Crippen LogP contribution in [0.25, 0.3) is 11.3 Å². The third kappa shape index (κ3) is 2.86. The lowest BCUT2D eigenvalue weighted by Crippen LogP contribution is -2.47. The molecule has 0 spiro atoms. The Kier molecular flexibility index (Phi) is 4.62. The van der Waals surface area contributed by atoms with E-state index in [0.717, 1.165) is 0 Å². The molecule has 28 heavy (non-hydrogen) atoms. The van der Waals surface area contributed by atoms with E-state index in [0.29, 0.717) is 6.04 Å². The third-order valence-electron chi connectivity index (χ3n) is 5.87. The Morgan fingerprint density at radius 2 is 1.61 bits per heavy atom. The molecule has 3 nitrogen and oxygen atoms in total. The maximum Gasteiger partial charge on any atom is 0.283 e. The highest BCUT2D eigenvalue weighted by molar-refractivity contribution is 5.82. The molecule has 0 bridgehead atoms. The minimum atomic E-state index is 0.262. The Hall–Kier alpha value is -2.81. The molecule has 1 aliphatic rings. The number of nitrogens with zero attached hydrogens (tertiary/aromatic N) is 3. The molecule has 0 saturated carbocycles. The topological polar surface area (TPSA) is 10.4 Å². The third-order valence-corrected chi connectivity index (χ3v) is 5.87. The molecule has 0 radical (unpaired) electrons. The van der Waals surface area contributed by atoms with Gasteiger partial charge in [0.25, 0.3) is 5.82 Å². The zero-order valence-corrected chi connectivity index (χ0v) is 17.8. The fourth-order valence-corrected chi connectivity index (χ4v) is 4.53. The van der Waals surface area contributed by atoms with E-state index < -0.39 is 0 Å². The van der Waals surface area contributed by atoms with E-state index in [9.17, 15) is 0 Å². The van der Waals surface area contributed by atoms with Gasteiger partial charge >= 0.3 is 0 Å². The molecule has 0 amide bonds. The lowest BCUT2D eigenvalue weighted by atomic mass is 10.0. The normalized spacial score (nSPS) is 16.0. The lowest BCUT2D eigenvalue weighted by molar-refractivity contribution is -0.647. The van der Waals surface area contributed by atoms with Gasteiger partial charge in [0.2, 0.25) is 0 Å². The van der Waals surface area contributed by atoms with Gasteiger partial charge in [0.1, 0.15) is 5.69 Å². The van der Waals surface area contributed by atoms with Crippen LogP contribution in [0.3, 0.4) is 0 Å². The average molecular weight is 373 g/mol. The number of benzene rings is 2. The number of rotatable bonds is 3. The standard InChI is InChI=1S/C25H30N3/c1-17(2)27-20(5)28(24-11-8-7-10-23(24)27)25-13-9-12-22(26(25)6)21-16-18(3)14-15-19(21)4/h7-17,20H,1-6H3/q+1/t20-/m1/s1. The van der Waals surface area contributed by atoms with E-state index in [-0.39, 0.29) is 6.17 Å². The summed E-state index contributed by atoms with van der Waals surface area (Å²) in [4.78, 5) is 4.96. The molecule has 0 unspecified atom stereocenters. The van der Waals surface area contributed by atoms with Gasteiger partial charge in [-0.05, 0) is 70.5 Å². The van der Waals surface area contributed by atoms with Crippen molar-refractivity contribution in [2.75, 3.05) is 9.80 Å². The molecule has 1 aromatic heterocycles. The Morgan fingerprint density at radius 1 is 0.893 bits per heavy atom. The number of hydrogen-bond donors (Lipinski definition) is 0. The van der Waals surface area contributed by atoms with E-state index in [4.69, 9.17) is 0 Å². The lowest BCUT2D eigenvalue weighted by Gasteiger charge is -2.29. The first-order valence-corrected chi connectivity index (χ1v) is 10.1. The van der Waals surface area contributed by atoms with Gasteiger partial charge < -0.3 is 4.90 Å². The second-order valence-corrected chi connectivity index (χ2v) is 8.14. The van der Waals surface area contributed by atoms with Crippen LogP contribution in [0.4, 0.5) is 17.2 Å². The highest BCUT2D eigenvalue weighted by atomic mass is 15.4.